The topological polar surface area (TPSA) is 68.8 Å². The molecule has 0 aliphatic rings. The van der Waals surface area contributed by atoms with Crippen LogP contribution in [0.25, 0.3) is 0 Å². The van der Waals surface area contributed by atoms with Gasteiger partial charge in [0, 0.05) is 12.5 Å². The van der Waals surface area contributed by atoms with Gasteiger partial charge in [-0.05, 0) is 36.2 Å². The Balaban J connectivity index is 2.16. The normalized spacial score (nSPS) is 13.2. The lowest BCUT2D eigenvalue weighted by atomic mass is 10.1. The van der Waals surface area contributed by atoms with Gasteiger partial charge in [0.1, 0.15) is 12.2 Å². The molecule has 0 bridgehead atoms. The molecule has 5 nitrogen and oxygen atoms in total. The number of nitrogens with zero attached hydrogens (tertiary/aromatic N) is 3. The second-order valence-electron chi connectivity index (χ2n) is 4.19. The van der Waals surface area contributed by atoms with E-state index in [1.165, 1.54) is 5.56 Å². The van der Waals surface area contributed by atoms with E-state index in [1.807, 2.05) is 10.1 Å². The SMILES string of the molecule is CC(C)n1ncnc1CC(NN)c1ccsc1. The molecule has 0 radical (unpaired) electrons. The highest BCUT2D eigenvalue weighted by molar-refractivity contribution is 7.07. The summed E-state index contributed by atoms with van der Waals surface area (Å²) in [4.78, 5) is 4.29. The Kier molecular flexibility index (Phi) is 3.88. The summed E-state index contributed by atoms with van der Waals surface area (Å²) in [5.41, 5.74) is 4.02. The Bertz CT molecular complexity index is 448. The lowest BCUT2D eigenvalue weighted by molar-refractivity contribution is 0.469. The Morgan fingerprint density at radius 3 is 2.94 bits per heavy atom. The number of aromatic nitrogens is 3. The summed E-state index contributed by atoms with van der Waals surface area (Å²) in [6.07, 6.45) is 2.34. The minimum atomic E-state index is 0.0861. The molecule has 0 saturated heterocycles. The lowest BCUT2D eigenvalue weighted by Gasteiger charge is -2.16. The van der Waals surface area contributed by atoms with Crippen molar-refractivity contribution in [2.24, 2.45) is 5.84 Å². The van der Waals surface area contributed by atoms with Crippen LogP contribution in [0.3, 0.4) is 0 Å². The van der Waals surface area contributed by atoms with Gasteiger partial charge in [-0.1, -0.05) is 0 Å². The number of nitrogens with two attached hydrogens (primary N) is 1. The zero-order chi connectivity index (χ0) is 12.3. The molecule has 1 atom stereocenters. The van der Waals surface area contributed by atoms with Crippen molar-refractivity contribution in [1.82, 2.24) is 20.2 Å². The van der Waals surface area contributed by atoms with Gasteiger partial charge in [0.05, 0.1) is 6.04 Å². The minimum Gasteiger partial charge on any atom is -0.271 e. The van der Waals surface area contributed by atoms with Gasteiger partial charge in [0.25, 0.3) is 0 Å². The molecule has 0 aliphatic carbocycles. The van der Waals surface area contributed by atoms with Gasteiger partial charge >= 0.3 is 0 Å². The molecule has 3 N–H and O–H groups in total. The maximum Gasteiger partial charge on any atom is 0.138 e. The Morgan fingerprint density at radius 2 is 2.35 bits per heavy atom. The molecule has 0 amide bonds. The largest absolute Gasteiger partial charge is 0.271 e. The average molecular weight is 251 g/mol. The van der Waals surface area contributed by atoms with Gasteiger partial charge in [-0.3, -0.25) is 11.3 Å². The lowest BCUT2D eigenvalue weighted by Crippen LogP contribution is -2.30. The van der Waals surface area contributed by atoms with Gasteiger partial charge < -0.3 is 0 Å². The summed E-state index contributed by atoms with van der Waals surface area (Å²) in [7, 11) is 0. The van der Waals surface area contributed by atoms with E-state index in [-0.39, 0.29) is 6.04 Å². The molecule has 0 aliphatic heterocycles. The molecule has 2 aromatic rings. The van der Waals surface area contributed by atoms with Crippen LogP contribution >= 0.6 is 11.3 Å². The third-order valence-corrected chi connectivity index (χ3v) is 3.37. The van der Waals surface area contributed by atoms with Gasteiger partial charge in [-0.15, -0.1) is 0 Å². The van der Waals surface area contributed by atoms with Crippen LogP contribution in [0.15, 0.2) is 23.2 Å². The van der Waals surface area contributed by atoms with Crippen molar-refractivity contribution in [1.29, 1.82) is 0 Å². The molecule has 2 rings (SSSR count). The first-order chi connectivity index (χ1) is 8.22. The number of nitrogens with one attached hydrogen (secondary N) is 1. The molecular formula is C11H17N5S. The second-order valence-corrected chi connectivity index (χ2v) is 4.97. The standard InChI is InChI=1S/C11H17N5S/c1-8(2)16-11(13-7-14-16)5-10(15-12)9-3-4-17-6-9/h3-4,6-8,10,15H,5,12H2,1-2H3. The van der Waals surface area contributed by atoms with Gasteiger partial charge in [-0.25, -0.2) is 9.67 Å². The van der Waals surface area contributed by atoms with Crippen molar-refractivity contribution in [3.63, 3.8) is 0 Å². The molecule has 0 saturated carbocycles. The fourth-order valence-electron chi connectivity index (χ4n) is 1.78. The van der Waals surface area contributed by atoms with E-state index in [4.69, 9.17) is 5.84 Å². The summed E-state index contributed by atoms with van der Waals surface area (Å²) in [5.74, 6) is 6.56. The van der Waals surface area contributed by atoms with Crippen LogP contribution in [0.4, 0.5) is 0 Å². The van der Waals surface area contributed by atoms with Crippen LogP contribution in [0.5, 0.6) is 0 Å². The van der Waals surface area contributed by atoms with Crippen molar-refractivity contribution >= 4 is 11.3 Å². The third-order valence-electron chi connectivity index (χ3n) is 2.67. The zero-order valence-corrected chi connectivity index (χ0v) is 10.8. The van der Waals surface area contributed by atoms with E-state index in [2.05, 4.69) is 40.8 Å². The molecule has 0 spiro atoms. The molecule has 6 heteroatoms. The van der Waals surface area contributed by atoms with Gasteiger partial charge in [-0.2, -0.15) is 16.4 Å². The summed E-state index contributed by atoms with van der Waals surface area (Å²) in [6, 6.07) is 2.47. The monoisotopic (exact) mass is 251 g/mol. The predicted octanol–water partition coefficient (Wildman–Crippen LogP) is 1.67. The van der Waals surface area contributed by atoms with Crippen molar-refractivity contribution in [3.8, 4) is 0 Å². The zero-order valence-electron chi connectivity index (χ0n) is 10.00. The molecule has 17 heavy (non-hydrogen) atoms. The highest BCUT2D eigenvalue weighted by atomic mass is 32.1. The quantitative estimate of drug-likeness (QED) is 0.626. The van der Waals surface area contributed by atoms with E-state index >= 15 is 0 Å². The molecule has 1 unspecified atom stereocenters. The molecule has 92 valence electrons. The van der Waals surface area contributed by atoms with E-state index in [0.717, 1.165) is 12.2 Å². The van der Waals surface area contributed by atoms with Crippen LogP contribution in [-0.4, -0.2) is 14.8 Å². The smallest absolute Gasteiger partial charge is 0.138 e. The van der Waals surface area contributed by atoms with Crippen molar-refractivity contribution in [2.45, 2.75) is 32.4 Å². The van der Waals surface area contributed by atoms with Crippen molar-refractivity contribution in [3.05, 3.63) is 34.5 Å². The number of hydrogen-bond acceptors (Lipinski definition) is 5. The second kappa shape index (κ2) is 5.39. The number of hydrazine groups is 1. The van der Waals surface area contributed by atoms with Gasteiger partial charge in [0.15, 0.2) is 0 Å². The number of rotatable bonds is 5. The Labute approximate surface area is 105 Å². The highest BCUT2D eigenvalue weighted by Crippen LogP contribution is 2.20. The van der Waals surface area contributed by atoms with Crippen LogP contribution in [-0.2, 0) is 6.42 Å². The highest BCUT2D eigenvalue weighted by Gasteiger charge is 2.16. The van der Waals surface area contributed by atoms with Crippen LogP contribution < -0.4 is 11.3 Å². The fraction of sp³-hybridized carbons (Fsp3) is 0.455. The maximum atomic E-state index is 5.60. The summed E-state index contributed by atoms with van der Waals surface area (Å²) >= 11 is 1.67. The van der Waals surface area contributed by atoms with E-state index in [0.29, 0.717) is 6.04 Å². The van der Waals surface area contributed by atoms with Crippen LogP contribution in [0.1, 0.15) is 37.3 Å². The fourth-order valence-corrected chi connectivity index (χ4v) is 2.49. The average Bonchev–Trinajstić information content (AvgIpc) is 2.96. The molecule has 0 aromatic carbocycles. The van der Waals surface area contributed by atoms with Crippen LogP contribution in [0, 0.1) is 0 Å². The molecule has 2 aromatic heterocycles. The predicted molar refractivity (Wildman–Crippen MR) is 68.5 cm³/mol. The number of thiophene rings is 1. The van der Waals surface area contributed by atoms with E-state index in [1.54, 1.807) is 17.7 Å². The first-order valence-electron chi connectivity index (χ1n) is 5.59. The molecule has 0 fully saturated rings. The molecule has 2 heterocycles. The number of hydrogen-bond donors (Lipinski definition) is 2. The third kappa shape index (κ3) is 2.71. The summed E-state index contributed by atoms with van der Waals surface area (Å²) in [5, 5.41) is 8.37. The first kappa shape index (κ1) is 12.2. The summed E-state index contributed by atoms with van der Waals surface area (Å²) in [6.45, 7) is 4.18. The Morgan fingerprint density at radius 1 is 1.53 bits per heavy atom. The van der Waals surface area contributed by atoms with Gasteiger partial charge in [0.2, 0.25) is 0 Å². The minimum absolute atomic E-state index is 0.0861. The summed E-state index contributed by atoms with van der Waals surface area (Å²) < 4.78 is 1.93. The van der Waals surface area contributed by atoms with Crippen LogP contribution in [0.2, 0.25) is 0 Å². The Hall–Kier alpha value is -1.24. The van der Waals surface area contributed by atoms with Crippen molar-refractivity contribution < 1.29 is 0 Å². The van der Waals surface area contributed by atoms with E-state index in [9.17, 15) is 0 Å². The van der Waals surface area contributed by atoms with E-state index < -0.39 is 0 Å². The molecular weight excluding hydrogens is 234 g/mol. The maximum absolute atomic E-state index is 5.60. The first-order valence-corrected chi connectivity index (χ1v) is 6.53. The van der Waals surface area contributed by atoms with Crippen molar-refractivity contribution in [2.75, 3.05) is 0 Å².